The molecule has 2 aromatic carbocycles. The first kappa shape index (κ1) is 20.8. The topological polar surface area (TPSA) is 90.5 Å². The summed E-state index contributed by atoms with van der Waals surface area (Å²) in [6, 6.07) is 15.9. The predicted octanol–water partition coefficient (Wildman–Crippen LogP) is 3.43. The third kappa shape index (κ3) is 4.83. The molecular weight excluding hydrogens is 410 g/mol. The number of thioether (sulfide) groups is 1. The van der Waals surface area contributed by atoms with Crippen molar-refractivity contribution in [3.05, 3.63) is 78.1 Å². The maximum Gasteiger partial charge on any atom is 0.230 e. The monoisotopic (exact) mass is 433 g/mol. The van der Waals surface area contributed by atoms with Crippen molar-refractivity contribution in [3.63, 3.8) is 0 Å². The lowest BCUT2D eigenvalue weighted by molar-refractivity contribution is -0.119. The van der Waals surface area contributed by atoms with Crippen LogP contribution in [-0.2, 0) is 4.79 Å². The van der Waals surface area contributed by atoms with Gasteiger partial charge in [0.2, 0.25) is 5.91 Å². The van der Waals surface area contributed by atoms with E-state index in [2.05, 4.69) is 25.6 Å². The normalized spacial score (nSPS) is 12.0. The molecule has 1 amide bonds. The third-order valence-corrected chi connectivity index (χ3v) is 5.80. The molecule has 2 aromatic heterocycles. The number of rotatable bonds is 7. The molecule has 0 fully saturated rings. The molecule has 4 rings (SSSR count). The summed E-state index contributed by atoms with van der Waals surface area (Å²) < 4.78 is 3.65. The summed E-state index contributed by atoms with van der Waals surface area (Å²) in [7, 11) is 0. The molecule has 0 unspecified atom stereocenters. The van der Waals surface area contributed by atoms with E-state index in [1.807, 2.05) is 73.9 Å². The van der Waals surface area contributed by atoms with Gasteiger partial charge in [0.1, 0.15) is 18.5 Å². The molecule has 0 radical (unpaired) electrons. The maximum atomic E-state index is 12.5. The second-order valence-corrected chi connectivity index (χ2v) is 8.15. The summed E-state index contributed by atoms with van der Waals surface area (Å²) in [5.41, 5.74) is 4.10. The Hall–Kier alpha value is -3.46. The molecule has 0 bridgehead atoms. The first-order chi connectivity index (χ1) is 15.0. The van der Waals surface area contributed by atoms with E-state index in [1.165, 1.54) is 23.7 Å². The number of nitrogens with zero attached hydrogens (tertiary/aromatic N) is 6. The van der Waals surface area contributed by atoms with Crippen LogP contribution in [-0.4, -0.2) is 41.2 Å². The van der Waals surface area contributed by atoms with E-state index < -0.39 is 0 Å². The van der Waals surface area contributed by atoms with Crippen molar-refractivity contribution in [2.45, 2.75) is 32.0 Å². The lowest BCUT2D eigenvalue weighted by Crippen LogP contribution is -2.28. The number of carbonyl (C=O) groups is 1. The largest absolute Gasteiger partial charge is 0.349 e. The Morgan fingerprint density at radius 3 is 2.42 bits per heavy atom. The fourth-order valence-corrected chi connectivity index (χ4v) is 3.99. The minimum atomic E-state index is -0.116. The van der Waals surface area contributed by atoms with Crippen molar-refractivity contribution >= 4 is 17.7 Å². The molecule has 0 saturated heterocycles. The lowest BCUT2D eigenvalue weighted by Gasteiger charge is -2.15. The first-order valence-electron chi connectivity index (χ1n) is 9.87. The molecule has 0 aliphatic heterocycles. The van der Waals surface area contributed by atoms with E-state index in [9.17, 15) is 4.79 Å². The minimum absolute atomic E-state index is 0.0611. The number of amides is 1. The molecule has 4 aromatic rings. The van der Waals surface area contributed by atoms with Crippen LogP contribution in [0.5, 0.6) is 0 Å². The molecule has 8 nitrogen and oxygen atoms in total. The second-order valence-electron chi connectivity index (χ2n) is 7.21. The van der Waals surface area contributed by atoms with Gasteiger partial charge in [-0.3, -0.25) is 9.36 Å². The lowest BCUT2D eigenvalue weighted by atomic mass is 10.1. The highest BCUT2D eigenvalue weighted by Gasteiger charge is 2.15. The highest BCUT2D eigenvalue weighted by molar-refractivity contribution is 7.99. The van der Waals surface area contributed by atoms with Gasteiger partial charge in [-0.1, -0.05) is 41.6 Å². The van der Waals surface area contributed by atoms with Gasteiger partial charge in [0.05, 0.1) is 17.5 Å². The summed E-state index contributed by atoms with van der Waals surface area (Å²) in [6.45, 7) is 5.92. The quantitative estimate of drug-likeness (QED) is 0.449. The summed E-state index contributed by atoms with van der Waals surface area (Å²) in [6.07, 6.45) is 3.14. The molecule has 2 heterocycles. The maximum absolute atomic E-state index is 12.5. The van der Waals surface area contributed by atoms with Gasteiger partial charge in [-0.05, 0) is 50.6 Å². The average molecular weight is 434 g/mol. The fraction of sp³-hybridized carbons (Fsp3) is 0.227. The fourth-order valence-electron chi connectivity index (χ4n) is 3.18. The highest BCUT2D eigenvalue weighted by atomic mass is 32.2. The second kappa shape index (κ2) is 9.13. The number of aryl methyl sites for hydroxylation is 2. The minimum Gasteiger partial charge on any atom is -0.349 e. The SMILES string of the molecule is Cc1ccc(-n2c(C)nnc2SCC(=O)N[C@@H](C)c2ccc(-n3cncn3)cc2)cc1. The Bertz CT molecular complexity index is 1150. The van der Waals surface area contributed by atoms with Gasteiger partial charge in [0.25, 0.3) is 0 Å². The van der Waals surface area contributed by atoms with Crippen molar-refractivity contribution in [3.8, 4) is 11.4 Å². The molecule has 9 heteroatoms. The molecular formula is C22H23N7OS. The number of aromatic nitrogens is 6. The number of carbonyl (C=O) groups excluding carboxylic acids is 1. The van der Waals surface area contributed by atoms with Crippen molar-refractivity contribution in [1.82, 2.24) is 34.8 Å². The number of hydrogen-bond acceptors (Lipinski definition) is 6. The zero-order valence-electron chi connectivity index (χ0n) is 17.6. The third-order valence-electron chi connectivity index (χ3n) is 4.87. The van der Waals surface area contributed by atoms with E-state index in [1.54, 1.807) is 11.0 Å². The molecule has 0 aliphatic rings. The Morgan fingerprint density at radius 2 is 1.74 bits per heavy atom. The van der Waals surface area contributed by atoms with Crippen LogP contribution < -0.4 is 5.32 Å². The van der Waals surface area contributed by atoms with Crippen LogP contribution >= 0.6 is 11.8 Å². The van der Waals surface area contributed by atoms with Crippen LogP contribution in [0.3, 0.4) is 0 Å². The Kier molecular flexibility index (Phi) is 6.13. The van der Waals surface area contributed by atoms with Gasteiger partial charge >= 0.3 is 0 Å². The van der Waals surface area contributed by atoms with Crippen LogP contribution in [0.2, 0.25) is 0 Å². The van der Waals surface area contributed by atoms with Crippen molar-refractivity contribution in [2.75, 3.05) is 5.75 Å². The van der Waals surface area contributed by atoms with Crippen molar-refractivity contribution in [2.24, 2.45) is 0 Å². The molecule has 158 valence electrons. The molecule has 0 aliphatic carbocycles. The molecule has 1 atom stereocenters. The standard InChI is InChI=1S/C22H23N7OS/c1-15-4-8-20(9-5-15)29-17(3)26-27-22(29)31-12-21(30)25-16(2)18-6-10-19(11-7-18)28-14-23-13-24-28/h4-11,13-14,16H,12H2,1-3H3,(H,25,30)/t16-/m0/s1. The smallest absolute Gasteiger partial charge is 0.230 e. The van der Waals surface area contributed by atoms with Crippen LogP contribution in [0.25, 0.3) is 11.4 Å². The van der Waals surface area contributed by atoms with Crippen LogP contribution in [0, 0.1) is 13.8 Å². The summed E-state index contributed by atoms with van der Waals surface area (Å²) in [4.78, 5) is 16.5. The average Bonchev–Trinajstić information content (AvgIpc) is 3.43. The number of nitrogens with one attached hydrogen (secondary N) is 1. The van der Waals surface area contributed by atoms with Gasteiger partial charge in [-0.15, -0.1) is 10.2 Å². The zero-order valence-corrected chi connectivity index (χ0v) is 18.4. The van der Waals surface area contributed by atoms with E-state index in [4.69, 9.17) is 0 Å². The molecule has 0 spiro atoms. The predicted molar refractivity (Wildman–Crippen MR) is 119 cm³/mol. The first-order valence-corrected chi connectivity index (χ1v) is 10.9. The van der Waals surface area contributed by atoms with E-state index in [0.717, 1.165) is 22.8 Å². The highest BCUT2D eigenvalue weighted by Crippen LogP contribution is 2.22. The number of benzene rings is 2. The van der Waals surface area contributed by atoms with E-state index >= 15 is 0 Å². The van der Waals surface area contributed by atoms with Gasteiger partial charge in [-0.25, -0.2) is 9.67 Å². The van der Waals surface area contributed by atoms with Crippen molar-refractivity contribution < 1.29 is 4.79 Å². The summed E-state index contributed by atoms with van der Waals surface area (Å²) in [5, 5.41) is 16.3. The Balaban J connectivity index is 1.37. The number of hydrogen-bond donors (Lipinski definition) is 1. The summed E-state index contributed by atoms with van der Waals surface area (Å²) >= 11 is 1.37. The Morgan fingerprint density at radius 1 is 1.03 bits per heavy atom. The van der Waals surface area contributed by atoms with Gasteiger partial charge in [-0.2, -0.15) is 5.10 Å². The Labute approximate surface area is 184 Å². The molecule has 0 saturated carbocycles. The zero-order chi connectivity index (χ0) is 21.8. The van der Waals surface area contributed by atoms with E-state index in [-0.39, 0.29) is 17.7 Å². The molecule has 31 heavy (non-hydrogen) atoms. The molecule has 1 N–H and O–H groups in total. The van der Waals surface area contributed by atoms with E-state index in [0.29, 0.717) is 5.16 Å². The summed E-state index contributed by atoms with van der Waals surface area (Å²) in [5.74, 6) is 0.979. The van der Waals surface area contributed by atoms with Crippen molar-refractivity contribution in [1.29, 1.82) is 0 Å². The van der Waals surface area contributed by atoms with Gasteiger partial charge in [0.15, 0.2) is 5.16 Å². The van der Waals surface area contributed by atoms with Gasteiger partial charge in [0, 0.05) is 5.69 Å². The van der Waals surface area contributed by atoms with Crippen LogP contribution in [0.1, 0.15) is 29.9 Å². The van der Waals surface area contributed by atoms with Gasteiger partial charge < -0.3 is 5.32 Å². The van der Waals surface area contributed by atoms with Crippen LogP contribution in [0.15, 0.2) is 66.3 Å². The van der Waals surface area contributed by atoms with Crippen LogP contribution in [0.4, 0.5) is 0 Å².